The number of methoxy groups -OCH3 is 1. The van der Waals surface area contributed by atoms with Crippen LogP contribution in [-0.2, 0) is 25.5 Å². The number of anilines is 2. The molecule has 1 aromatic heterocycles. The number of benzene rings is 1. The van der Waals surface area contributed by atoms with Crippen molar-refractivity contribution in [3.8, 4) is 0 Å². The number of aliphatic carboxylic acids is 1. The maximum atomic E-state index is 12.9. The van der Waals surface area contributed by atoms with E-state index in [2.05, 4.69) is 22.3 Å². The molecule has 3 rings (SSSR count). The number of carbonyl (C=O) groups excluding carboxylic acids is 1. The highest BCUT2D eigenvalue weighted by molar-refractivity contribution is 5.95. The first-order valence-corrected chi connectivity index (χ1v) is 11.8. The first-order chi connectivity index (χ1) is 16.4. The molecule has 1 amide bonds. The highest BCUT2D eigenvalue weighted by Crippen LogP contribution is 2.34. The van der Waals surface area contributed by atoms with Gasteiger partial charge in [-0.05, 0) is 43.9 Å². The largest absolute Gasteiger partial charge is 0.481 e. The number of nitrogens with zero attached hydrogens (tertiary/aromatic N) is 2. The number of nitrogens with one attached hydrogen (secondary N) is 1. The zero-order valence-corrected chi connectivity index (χ0v) is 20.2. The Bertz CT molecular complexity index is 954. The zero-order chi connectivity index (χ0) is 24.5. The second-order valence-electron chi connectivity index (χ2n) is 8.72. The van der Waals surface area contributed by atoms with E-state index >= 15 is 0 Å². The molecule has 186 valence electrons. The monoisotopic (exact) mass is 473 g/mol. The summed E-state index contributed by atoms with van der Waals surface area (Å²) < 4.78 is 15.9. The van der Waals surface area contributed by atoms with Crippen LogP contribution in [0.4, 0.5) is 11.4 Å². The van der Waals surface area contributed by atoms with E-state index in [-0.39, 0.29) is 31.3 Å². The second kappa shape index (κ2) is 12.5. The van der Waals surface area contributed by atoms with E-state index in [1.807, 2.05) is 18.2 Å². The van der Waals surface area contributed by atoms with Crippen molar-refractivity contribution in [3.05, 3.63) is 41.3 Å². The van der Waals surface area contributed by atoms with Crippen LogP contribution in [0.1, 0.15) is 55.5 Å². The molecule has 0 spiro atoms. The molecule has 0 bridgehead atoms. The van der Waals surface area contributed by atoms with Crippen molar-refractivity contribution in [2.24, 2.45) is 0 Å². The van der Waals surface area contributed by atoms with E-state index in [9.17, 15) is 14.7 Å². The van der Waals surface area contributed by atoms with Gasteiger partial charge in [0.05, 0.1) is 36.5 Å². The van der Waals surface area contributed by atoms with E-state index in [4.69, 9.17) is 14.0 Å². The first kappa shape index (κ1) is 25.7. The summed E-state index contributed by atoms with van der Waals surface area (Å²) in [6.07, 6.45) is 2.81. The van der Waals surface area contributed by atoms with Gasteiger partial charge in [-0.3, -0.25) is 9.59 Å². The molecule has 1 atom stereocenters. The molecular weight excluding hydrogens is 438 g/mol. The predicted octanol–water partition coefficient (Wildman–Crippen LogP) is 3.76. The lowest BCUT2D eigenvalue weighted by atomic mass is 9.94. The molecule has 0 radical (unpaired) electrons. The number of amides is 1. The SMILES string of the molecule is CCCN(c1ccc(C(COC)CC(=O)O)cc1NC(=O)Cc1cc(C)on1)C1CCOCC1. The van der Waals surface area contributed by atoms with Gasteiger partial charge in [-0.25, -0.2) is 0 Å². The fourth-order valence-corrected chi connectivity index (χ4v) is 4.44. The van der Waals surface area contributed by atoms with Gasteiger partial charge >= 0.3 is 5.97 Å². The molecule has 9 nitrogen and oxygen atoms in total. The van der Waals surface area contributed by atoms with E-state index in [1.165, 1.54) is 0 Å². The summed E-state index contributed by atoms with van der Waals surface area (Å²) >= 11 is 0. The molecule has 0 saturated carbocycles. The molecule has 2 heterocycles. The topological polar surface area (TPSA) is 114 Å². The Hall–Kier alpha value is -2.91. The number of carbonyl (C=O) groups is 2. The van der Waals surface area contributed by atoms with Crippen molar-refractivity contribution in [2.75, 3.05) is 43.7 Å². The van der Waals surface area contributed by atoms with Crippen molar-refractivity contribution in [2.45, 2.75) is 57.9 Å². The highest BCUT2D eigenvalue weighted by atomic mass is 16.5. The Morgan fingerprint density at radius 3 is 2.68 bits per heavy atom. The van der Waals surface area contributed by atoms with Crippen molar-refractivity contribution in [3.63, 3.8) is 0 Å². The Balaban J connectivity index is 1.94. The van der Waals surface area contributed by atoms with Gasteiger partial charge in [-0.15, -0.1) is 0 Å². The molecule has 9 heteroatoms. The number of carboxylic acids is 1. The van der Waals surface area contributed by atoms with Gasteiger partial charge < -0.3 is 29.3 Å². The molecular formula is C25H35N3O6. The van der Waals surface area contributed by atoms with Gasteiger partial charge in [0.2, 0.25) is 5.91 Å². The van der Waals surface area contributed by atoms with Gasteiger partial charge in [0.15, 0.2) is 0 Å². The molecule has 1 fully saturated rings. The van der Waals surface area contributed by atoms with E-state index in [0.29, 0.717) is 36.4 Å². The summed E-state index contributed by atoms with van der Waals surface area (Å²) in [5.41, 5.74) is 2.96. The highest BCUT2D eigenvalue weighted by Gasteiger charge is 2.25. The molecule has 2 N–H and O–H groups in total. The third-order valence-electron chi connectivity index (χ3n) is 5.98. The summed E-state index contributed by atoms with van der Waals surface area (Å²) in [6, 6.07) is 7.86. The number of hydrogen-bond donors (Lipinski definition) is 2. The van der Waals surface area contributed by atoms with E-state index in [0.717, 1.165) is 37.1 Å². The molecule has 1 saturated heterocycles. The number of aromatic nitrogens is 1. The summed E-state index contributed by atoms with van der Waals surface area (Å²) in [5.74, 6) is -0.784. The Morgan fingerprint density at radius 2 is 2.06 bits per heavy atom. The van der Waals surface area contributed by atoms with Crippen LogP contribution in [0.25, 0.3) is 0 Å². The first-order valence-electron chi connectivity index (χ1n) is 11.8. The van der Waals surface area contributed by atoms with Crippen LogP contribution in [0.15, 0.2) is 28.8 Å². The molecule has 2 aromatic rings. The minimum absolute atomic E-state index is 0.0581. The Morgan fingerprint density at radius 1 is 1.29 bits per heavy atom. The Kier molecular flexibility index (Phi) is 9.47. The van der Waals surface area contributed by atoms with Gasteiger partial charge in [0.25, 0.3) is 0 Å². The maximum absolute atomic E-state index is 12.9. The van der Waals surface area contributed by atoms with Crippen LogP contribution in [0.2, 0.25) is 0 Å². The van der Waals surface area contributed by atoms with Crippen molar-refractivity contribution in [1.29, 1.82) is 0 Å². The summed E-state index contributed by atoms with van der Waals surface area (Å²) in [4.78, 5) is 26.7. The number of rotatable bonds is 12. The van der Waals surface area contributed by atoms with Crippen molar-refractivity contribution in [1.82, 2.24) is 5.16 Å². The fourth-order valence-electron chi connectivity index (χ4n) is 4.44. The van der Waals surface area contributed by atoms with Gasteiger partial charge in [0.1, 0.15) is 5.76 Å². The standard InChI is InChI=1S/C25H35N3O6/c1-4-9-28(21-7-10-33-11-8-21)23-6-5-18(19(16-32-3)14-25(30)31)13-22(23)26-24(29)15-20-12-17(2)34-27-20/h5-6,12-13,19,21H,4,7-11,14-16H2,1-3H3,(H,26,29)(H,30,31). The molecule has 1 aliphatic rings. The van der Waals surface area contributed by atoms with Crippen LogP contribution >= 0.6 is 0 Å². The normalized spacial score (nSPS) is 15.1. The van der Waals surface area contributed by atoms with Crippen LogP contribution in [0.3, 0.4) is 0 Å². The third-order valence-corrected chi connectivity index (χ3v) is 5.98. The van der Waals surface area contributed by atoms with Gasteiger partial charge in [-0.2, -0.15) is 0 Å². The quantitative estimate of drug-likeness (QED) is 0.479. The molecule has 0 aliphatic carbocycles. The van der Waals surface area contributed by atoms with E-state index < -0.39 is 5.97 Å². The van der Waals surface area contributed by atoms with Crippen LogP contribution in [0.5, 0.6) is 0 Å². The summed E-state index contributed by atoms with van der Waals surface area (Å²) in [5, 5.41) is 16.3. The lowest BCUT2D eigenvalue weighted by Gasteiger charge is -2.37. The lowest BCUT2D eigenvalue weighted by Crippen LogP contribution is -2.40. The van der Waals surface area contributed by atoms with Crippen molar-refractivity contribution < 1.29 is 28.7 Å². The average Bonchev–Trinajstić information content (AvgIpc) is 3.22. The summed E-state index contributed by atoms with van der Waals surface area (Å²) in [7, 11) is 1.56. The maximum Gasteiger partial charge on any atom is 0.304 e. The zero-order valence-electron chi connectivity index (χ0n) is 20.2. The summed E-state index contributed by atoms with van der Waals surface area (Å²) in [6.45, 7) is 6.45. The third kappa shape index (κ3) is 7.04. The number of ether oxygens (including phenoxy) is 2. The fraction of sp³-hybridized carbons (Fsp3) is 0.560. The number of aryl methyl sites for hydroxylation is 1. The number of carboxylic acid groups (broad SMARTS) is 1. The van der Waals surface area contributed by atoms with Crippen LogP contribution in [-0.4, -0.2) is 61.7 Å². The smallest absolute Gasteiger partial charge is 0.304 e. The van der Waals surface area contributed by atoms with Crippen molar-refractivity contribution >= 4 is 23.3 Å². The van der Waals surface area contributed by atoms with Crippen LogP contribution < -0.4 is 10.2 Å². The minimum Gasteiger partial charge on any atom is -0.481 e. The minimum atomic E-state index is -0.895. The second-order valence-corrected chi connectivity index (χ2v) is 8.72. The molecule has 34 heavy (non-hydrogen) atoms. The number of hydrogen-bond acceptors (Lipinski definition) is 7. The van der Waals surface area contributed by atoms with Crippen LogP contribution in [0, 0.1) is 6.92 Å². The molecule has 1 aliphatic heterocycles. The van der Waals surface area contributed by atoms with E-state index in [1.54, 1.807) is 20.1 Å². The van der Waals surface area contributed by atoms with Gasteiger partial charge in [-0.1, -0.05) is 18.1 Å². The molecule has 1 aromatic carbocycles. The Labute approximate surface area is 200 Å². The van der Waals surface area contributed by atoms with Gasteiger partial charge in [0, 0.05) is 44.9 Å². The lowest BCUT2D eigenvalue weighted by molar-refractivity contribution is -0.137. The molecule has 1 unspecified atom stereocenters. The predicted molar refractivity (Wildman–Crippen MR) is 128 cm³/mol. The average molecular weight is 474 g/mol.